The Morgan fingerprint density at radius 1 is 0.971 bits per heavy atom. The van der Waals surface area contributed by atoms with Crippen molar-refractivity contribution in [1.29, 1.82) is 0 Å². The monoisotopic (exact) mass is 476 g/mol. The average Bonchev–Trinajstić information content (AvgIpc) is 3.66. The van der Waals surface area contributed by atoms with E-state index in [0.29, 0.717) is 12.8 Å². The van der Waals surface area contributed by atoms with Crippen molar-refractivity contribution in [2.45, 2.75) is 62.9 Å². The van der Waals surface area contributed by atoms with Crippen LogP contribution in [0, 0.1) is 11.8 Å². The fourth-order valence-electron chi connectivity index (χ4n) is 5.71. The van der Waals surface area contributed by atoms with Crippen molar-refractivity contribution in [2.75, 3.05) is 6.61 Å². The number of ether oxygens (including phenoxy) is 1. The minimum atomic E-state index is -1.22. The smallest absolute Gasteiger partial charge is 0.407 e. The van der Waals surface area contributed by atoms with Crippen molar-refractivity contribution in [2.24, 2.45) is 11.8 Å². The molecule has 0 saturated heterocycles. The Balaban J connectivity index is 1.17. The number of alkyl carbamates (subject to hydrolysis) is 1. The summed E-state index contributed by atoms with van der Waals surface area (Å²) in [7, 11) is 0. The molecule has 3 aliphatic carbocycles. The molecule has 7 nitrogen and oxygen atoms in total. The van der Waals surface area contributed by atoms with Crippen LogP contribution < -0.4 is 10.6 Å². The number of carboxylic acids is 1. The average molecular weight is 477 g/mol. The molecule has 1 unspecified atom stereocenters. The van der Waals surface area contributed by atoms with Gasteiger partial charge in [-0.05, 0) is 67.2 Å². The highest BCUT2D eigenvalue weighted by Crippen LogP contribution is 2.44. The zero-order valence-corrected chi connectivity index (χ0v) is 20.0. The highest BCUT2D eigenvalue weighted by Gasteiger charge is 2.49. The third kappa shape index (κ3) is 4.64. The summed E-state index contributed by atoms with van der Waals surface area (Å²) in [4.78, 5) is 37.3. The van der Waals surface area contributed by atoms with E-state index < -0.39 is 17.6 Å². The predicted molar refractivity (Wildman–Crippen MR) is 131 cm³/mol. The van der Waals surface area contributed by atoms with E-state index in [0.717, 1.165) is 36.8 Å². The Morgan fingerprint density at radius 2 is 1.60 bits per heavy atom. The van der Waals surface area contributed by atoms with Gasteiger partial charge in [-0.15, -0.1) is 0 Å². The molecule has 0 heterocycles. The van der Waals surface area contributed by atoms with Gasteiger partial charge < -0.3 is 20.5 Å². The molecule has 0 aliphatic heterocycles. The summed E-state index contributed by atoms with van der Waals surface area (Å²) < 4.78 is 5.66. The Morgan fingerprint density at radius 3 is 2.20 bits per heavy atom. The maximum atomic E-state index is 12.9. The minimum Gasteiger partial charge on any atom is -0.480 e. The zero-order chi connectivity index (χ0) is 24.6. The van der Waals surface area contributed by atoms with E-state index in [-0.39, 0.29) is 36.3 Å². The van der Waals surface area contributed by atoms with Gasteiger partial charge >= 0.3 is 12.1 Å². The van der Waals surface area contributed by atoms with Crippen LogP contribution >= 0.6 is 0 Å². The number of carbonyl (C=O) groups is 3. The van der Waals surface area contributed by atoms with E-state index in [1.165, 1.54) is 11.1 Å². The summed E-state index contributed by atoms with van der Waals surface area (Å²) >= 11 is 0. The van der Waals surface area contributed by atoms with Crippen LogP contribution in [0.2, 0.25) is 0 Å². The maximum absolute atomic E-state index is 12.9. The number of nitrogens with one attached hydrogen (secondary N) is 2. The lowest BCUT2D eigenvalue weighted by atomic mass is 9.84. The van der Waals surface area contributed by atoms with E-state index in [2.05, 4.69) is 34.9 Å². The van der Waals surface area contributed by atoms with Crippen molar-refractivity contribution >= 4 is 18.0 Å². The van der Waals surface area contributed by atoms with Crippen LogP contribution in [0.3, 0.4) is 0 Å². The van der Waals surface area contributed by atoms with Gasteiger partial charge in [0.1, 0.15) is 12.1 Å². The lowest BCUT2D eigenvalue weighted by molar-refractivity contribution is -0.148. The molecule has 3 N–H and O–H groups in total. The number of aliphatic carboxylic acids is 1. The van der Waals surface area contributed by atoms with Gasteiger partial charge in [0.25, 0.3) is 0 Å². The topological polar surface area (TPSA) is 105 Å². The van der Waals surface area contributed by atoms with Crippen LogP contribution in [-0.4, -0.2) is 41.3 Å². The third-order valence-electron chi connectivity index (χ3n) is 7.93. The van der Waals surface area contributed by atoms with Crippen LogP contribution in [0.5, 0.6) is 0 Å². The normalized spacial score (nSPS) is 22.9. The third-order valence-corrected chi connectivity index (χ3v) is 7.93. The molecule has 7 heteroatoms. The zero-order valence-electron chi connectivity index (χ0n) is 20.0. The number of hydrogen-bond donors (Lipinski definition) is 3. The lowest BCUT2D eigenvalue weighted by Gasteiger charge is -2.32. The summed E-state index contributed by atoms with van der Waals surface area (Å²) in [5, 5.41) is 15.4. The van der Waals surface area contributed by atoms with E-state index in [1.54, 1.807) is 6.92 Å². The van der Waals surface area contributed by atoms with Crippen LogP contribution in [0.1, 0.15) is 62.5 Å². The van der Waals surface area contributed by atoms with Gasteiger partial charge in [0.05, 0.1) is 0 Å². The molecular weight excluding hydrogens is 444 g/mol. The second-order valence-electron chi connectivity index (χ2n) is 10.3. The first kappa shape index (κ1) is 23.4. The van der Waals surface area contributed by atoms with Crippen LogP contribution in [0.4, 0.5) is 4.79 Å². The first-order valence-corrected chi connectivity index (χ1v) is 12.5. The molecule has 35 heavy (non-hydrogen) atoms. The van der Waals surface area contributed by atoms with Gasteiger partial charge in [0.15, 0.2) is 0 Å². The highest BCUT2D eigenvalue weighted by atomic mass is 16.5. The molecular formula is C28H32N2O5. The van der Waals surface area contributed by atoms with Crippen LogP contribution in [-0.2, 0) is 14.3 Å². The van der Waals surface area contributed by atoms with Crippen LogP contribution in [0.25, 0.3) is 11.1 Å². The molecule has 3 atom stereocenters. The second-order valence-corrected chi connectivity index (χ2v) is 10.3. The molecule has 184 valence electrons. The van der Waals surface area contributed by atoms with Crippen molar-refractivity contribution in [1.82, 2.24) is 10.6 Å². The minimum absolute atomic E-state index is 0.00541. The highest BCUT2D eigenvalue weighted by molar-refractivity contribution is 5.88. The molecule has 2 aromatic carbocycles. The van der Waals surface area contributed by atoms with Gasteiger partial charge in [-0.1, -0.05) is 55.0 Å². The summed E-state index contributed by atoms with van der Waals surface area (Å²) in [6.45, 7) is 1.84. The van der Waals surface area contributed by atoms with Gasteiger partial charge in [-0.25, -0.2) is 9.59 Å². The maximum Gasteiger partial charge on any atom is 0.407 e. The molecule has 5 rings (SSSR count). The van der Waals surface area contributed by atoms with Crippen molar-refractivity contribution < 1.29 is 24.2 Å². The Hall–Kier alpha value is -3.35. The molecule has 3 aliphatic rings. The van der Waals surface area contributed by atoms with E-state index in [9.17, 15) is 19.5 Å². The lowest BCUT2D eigenvalue weighted by Crippen LogP contribution is -2.56. The molecule has 0 aromatic heterocycles. The predicted octanol–water partition coefficient (Wildman–Crippen LogP) is 4.45. The fraction of sp³-hybridized carbons (Fsp3) is 0.464. The van der Waals surface area contributed by atoms with Gasteiger partial charge in [0.2, 0.25) is 5.91 Å². The number of carboxylic acid groups (broad SMARTS) is 1. The Kier molecular flexibility index (Phi) is 6.26. The van der Waals surface area contributed by atoms with Crippen molar-refractivity contribution in [3.8, 4) is 11.1 Å². The molecule has 0 spiro atoms. The Labute approximate surface area is 205 Å². The number of fused-ring (bicyclic) bond motifs is 3. The van der Waals surface area contributed by atoms with Gasteiger partial charge in [-0.3, -0.25) is 4.79 Å². The summed E-state index contributed by atoms with van der Waals surface area (Å²) in [5.41, 5.74) is 3.46. The molecule has 2 fully saturated rings. The first-order valence-electron chi connectivity index (χ1n) is 12.5. The SMILES string of the molecule is CC(NC(=O)[C@H]1CCC[C@@H](NC(=O)OCC2c3ccccc3-c3ccccc32)C1)(C(=O)O)C1CC1. The molecule has 0 radical (unpaired) electrons. The number of amides is 2. The van der Waals surface area contributed by atoms with E-state index in [1.807, 2.05) is 24.3 Å². The van der Waals surface area contributed by atoms with Gasteiger partial charge in [-0.2, -0.15) is 0 Å². The number of carbonyl (C=O) groups excluding carboxylic acids is 2. The largest absolute Gasteiger partial charge is 0.480 e. The van der Waals surface area contributed by atoms with Gasteiger partial charge in [0, 0.05) is 17.9 Å². The first-order chi connectivity index (χ1) is 16.9. The Bertz CT molecular complexity index is 1100. The molecule has 0 bridgehead atoms. The molecule has 2 aromatic rings. The second kappa shape index (κ2) is 9.36. The van der Waals surface area contributed by atoms with Crippen molar-refractivity contribution in [3.63, 3.8) is 0 Å². The number of rotatable bonds is 7. The number of hydrogen-bond acceptors (Lipinski definition) is 4. The van der Waals surface area contributed by atoms with E-state index in [4.69, 9.17) is 4.74 Å². The fourth-order valence-corrected chi connectivity index (χ4v) is 5.71. The quantitative estimate of drug-likeness (QED) is 0.548. The number of benzene rings is 2. The molecule has 2 saturated carbocycles. The summed E-state index contributed by atoms with van der Waals surface area (Å²) in [6, 6.07) is 16.2. The van der Waals surface area contributed by atoms with E-state index >= 15 is 0 Å². The molecule has 2 amide bonds. The van der Waals surface area contributed by atoms with Crippen LogP contribution in [0.15, 0.2) is 48.5 Å². The summed E-state index contributed by atoms with van der Waals surface area (Å²) in [6.07, 6.45) is 3.89. The van der Waals surface area contributed by atoms with Crippen molar-refractivity contribution in [3.05, 3.63) is 59.7 Å². The standard InChI is InChI=1S/C28H32N2O5/c1-28(26(32)33,18-13-14-18)30-25(31)17-7-6-8-19(15-17)29-27(34)35-16-24-22-11-4-2-9-20(22)21-10-3-5-12-23(21)24/h2-5,9-12,17-19,24H,6-8,13-16H2,1H3,(H,29,34)(H,30,31)(H,32,33)/t17-,19+,28?/m0/s1. The summed E-state index contributed by atoms with van der Waals surface area (Å²) in [5.74, 6) is -1.56.